The first-order chi connectivity index (χ1) is 8.97. The Labute approximate surface area is 136 Å². The van der Waals surface area contributed by atoms with Crippen LogP contribution in [0.25, 0.3) is 0 Å². The molecule has 0 aliphatic carbocycles. The van der Waals surface area contributed by atoms with Crippen LogP contribution in [-0.2, 0) is 0 Å². The Morgan fingerprint density at radius 1 is 0.900 bits per heavy atom. The maximum Gasteiger partial charge on any atom is 0.338 e. The van der Waals surface area contributed by atoms with Crippen LogP contribution < -0.4 is 5.32 Å². The van der Waals surface area contributed by atoms with E-state index in [-0.39, 0.29) is 25.7 Å². The fraction of sp³-hybridized carbons (Fsp3) is 0.333. The third kappa shape index (κ3) is 3.50. The van der Waals surface area contributed by atoms with Gasteiger partial charge >= 0.3 is 5.97 Å². The minimum absolute atomic E-state index is 0.164. The molecule has 0 bridgehead atoms. The van der Waals surface area contributed by atoms with Gasteiger partial charge in [-0.05, 0) is 20.8 Å². The van der Waals surface area contributed by atoms with Crippen molar-refractivity contribution >= 4 is 58.3 Å². The Morgan fingerprint density at radius 3 is 1.65 bits per heavy atom. The lowest BCUT2D eigenvalue weighted by Gasteiger charge is -2.22. The molecule has 0 radical (unpaired) electrons. The molecular formula is C12H11Cl4NO3. The van der Waals surface area contributed by atoms with Gasteiger partial charge < -0.3 is 10.4 Å². The lowest BCUT2D eigenvalue weighted by molar-refractivity contribution is 0.0690. The number of benzene rings is 1. The van der Waals surface area contributed by atoms with Crippen molar-refractivity contribution in [2.75, 3.05) is 0 Å². The van der Waals surface area contributed by atoms with Gasteiger partial charge in [-0.2, -0.15) is 0 Å². The molecule has 20 heavy (non-hydrogen) atoms. The third-order valence-corrected chi connectivity index (χ3v) is 4.00. The van der Waals surface area contributed by atoms with E-state index in [4.69, 9.17) is 46.4 Å². The zero-order valence-electron chi connectivity index (χ0n) is 10.8. The summed E-state index contributed by atoms with van der Waals surface area (Å²) in [5.74, 6) is -2.12. The van der Waals surface area contributed by atoms with Gasteiger partial charge in [0.05, 0.1) is 31.2 Å². The first-order valence-corrected chi connectivity index (χ1v) is 6.90. The molecule has 0 fully saturated rings. The average molecular weight is 359 g/mol. The number of aromatic carboxylic acids is 1. The van der Waals surface area contributed by atoms with Gasteiger partial charge in [-0.15, -0.1) is 0 Å². The van der Waals surface area contributed by atoms with Crippen LogP contribution in [0.2, 0.25) is 20.1 Å². The van der Waals surface area contributed by atoms with Crippen LogP contribution in [0.15, 0.2) is 0 Å². The zero-order chi connectivity index (χ0) is 15.8. The Kier molecular flexibility index (Phi) is 5.19. The summed E-state index contributed by atoms with van der Waals surface area (Å²) in [6, 6.07) is 0. The molecular weight excluding hydrogens is 348 g/mol. The Hall–Kier alpha value is -0.680. The van der Waals surface area contributed by atoms with Gasteiger partial charge in [0.2, 0.25) is 0 Å². The van der Waals surface area contributed by atoms with Crippen molar-refractivity contribution in [3.63, 3.8) is 0 Å². The Morgan fingerprint density at radius 2 is 1.30 bits per heavy atom. The molecule has 1 aromatic carbocycles. The topological polar surface area (TPSA) is 66.4 Å². The number of amides is 1. The highest BCUT2D eigenvalue weighted by Crippen LogP contribution is 2.41. The monoisotopic (exact) mass is 357 g/mol. The number of halogens is 4. The van der Waals surface area contributed by atoms with Gasteiger partial charge in [-0.1, -0.05) is 46.4 Å². The smallest absolute Gasteiger partial charge is 0.338 e. The summed E-state index contributed by atoms with van der Waals surface area (Å²) in [7, 11) is 0. The molecule has 0 heterocycles. The van der Waals surface area contributed by atoms with Crippen LogP contribution in [0.4, 0.5) is 0 Å². The van der Waals surface area contributed by atoms with Crippen molar-refractivity contribution < 1.29 is 14.7 Å². The van der Waals surface area contributed by atoms with Gasteiger partial charge in [0.25, 0.3) is 5.91 Å². The number of hydrogen-bond acceptors (Lipinski definition) is 2. The fourth-order valence-corrected chi connectivity index (χ4v) is 2.47. The van der Waals surface area contributed by atoms with Crippen molar-refractivity contribution in [3.05, 3.63) is 31.2 Å². The van der Waals surface area contributed by atoms with E-state index in [0.717, 1.165) is 0 Å². The second-order valence-electron chi connectivity index (χ2n) is 5.02. The molecule has 0 saturated heterocycles. The SMILES string of the molecule is CC(C)(C)NC(=O)c1c(Cl)c(Cl)c(Cl)c(Cl)c1C(=O)O. The number of carbonyl (C=O) groups is 2. The van der Waals surface area contributed by atoms with E-state index in [1.165, 1.54) is 0 Å². The Bertz CT molecular complexity index is 594. The van der Waals surface area contributed by atoms with E-state index in [2.05, 4.69) is 5.32 Å². The molecule has 0 saturated carbocycles. The summed E-state index contributed by atoms with van der Waals surface area (Å²) in [6.07, 6.45) is 0. The summed E-state index contributed by atoms with van der Waals surface area (Å²) >= 11 is 23.5. The molecule has 0 aliphatic heterocycles. The van der Waals surface area contributed by atoms with Crippen molar-refractivity contribution in [2.24, 2.45) is 0 Å². The minimum atomic E-state index is -1.42. The van der Waals surface area contributed by atoms with Gasteiger partial charge in [0.1, 0.15) is 0 Å². The summed E-state index contributed by atoms with van der Waals surface area (Å²) in [4.78, 5) is 23.5. The minimum Gasteiger partial charge on any atom is -0.478 e. The van der Waals surface area contributed by atoms with Crippen molar-refractivity contribution in [2.45, 2.75) is 26.3 Å². The Balaban J connectivity index is 3.60. The van der Waals surface area contributed by atoms with E-state index in [9.17, 15) is 14.7 Å². The number of carbonyl (C=O) groups excluding carboxylic acids is 1. The maximum absolute atomic E-state index is 12.2. The van der Waals surface area contributed by atoms with Crippen molar-refractivity contribution in [1.82, 2.24) is 5.32 Å². The van der Waals surface area contributed by atoms with E-state index in [1.54, 1.807) is 20.8 Å². The first-order valence-electron chi connectivity index (χ1n) is 5.39. The van der Waals surface area contributed by atoms with E-state index in [1.807, 2.05) is 0 Å². The van der Waals surface area contributed by atoms with Gasteiger partial charge in [0, 0.05) is 5.54 Å². The molecule has 0 unspecified atom stereocenters. The highest BCUT2D eigenvalue weighted by Gasteiger charge is 2.30. The normalized spacial score (nSPS) is 11.3. The standard InChI is InChI=1S/C12H11Cl4NO3/c1-12(2,3)17-10(18)4-5(11(19)20)7(14)9(16)8(15)6(4)13/h1-3H3,(H,17,18)(H,19,20). The van der Waals surface area contributed by atoms with E-state index in [0.29, 0.717) is 0 Å². The summed E-state index contributed by atoms with van der Waals surface area (Å²) < 4.78 is 0. The van der Waals surface area contributed by atoms with Crippen LogP contribution in [0.3, 0.4) is 0 Å². The highest BCUT2D eigenvalue weighted by atomic mass is 35.5. The lowest BCUT2D eigenvalue weighted by Crippen LogP contribution is -2.41. The third-order valence-electron chi connectivity index (χ3n) is 2.20. The van der Waals surface area contributed by atoms with Crippen LogP contribution in [0.1, 0.15) is 41.5 Å². The molecule has 4 nitrogen and oxygen atoms in total. The zero-order valence-corrected chi connectivity index (χ0v) is 13.8. The summed E-state index contributed by atoms with van der Waals surface area (Å²) in [5, 5.41) is 10.9. The first kappa shape index (κ1) is 17.4. The van der Waals surface area contributed by atoms with Gasteiger partial charge in [-0.25, -0.2) is 4.79 Å². The molecule has 2 N–H and O–H groups in total. The molecule has 0 atom stereocenters. The second-order valence-corrected chi connectivity index (χ2v) is 6.53. The molecule has 8 heteroatoms. The van der Waals surface area contributed by atoms with Crippen molar-refractivity contribution in [1.29, 1.82) is 0 Å². The van der Waals surface area contributed by atoms with Crippen molar-refractivity contribution in [3.8, 4) is 0 Å². The van der Waals surface area contributed by atoms with Crippen LogP contribution >= 0.6 is 46.4 Å². The molecule has 0 spiro atoms. The number of hydrogen-bond donors (Lipinski definition) is 2. The van der Waals surface area contributed by atoms with Crippen LogP contribution in [-0.4, -0.2) is 22.5 Å². The van der Waals surface area contributed by atoms with E-state index >= 15 is 0 Å². The highest BCUT2D eigenvalue weighted by molar-refractivity contribution is 6.54. The second kappa shape index (κ2) is 5.98. The summed E-state index contributed by atoms with van der Waals surface area (Å²) in [5.41, 5.74) is -1.38. The molecule has 1 amide bonds. The van der Waals surface area contributed by atoms with Gasteiger partial charge in [-0.3, -0.25) is 4.79 Å². The predicted octanol–water partition coefficient (Wildman–Crippen LogP) is 4.53. The van der Waals surface area contributed by atoms with E-state index < -0.39 is 23.0 Å². The number of carboxylic acids is 1. The van der Waals surface area contributed by atoms with Crippen LogP contribution in [0.5, 0.6) is 0 Å². The average Bonchev–Trinajstić information content (AvgIpc) is 2.27. The molecule has 0 aliphatic rings. The summed E-state index contributed by atoms with van der Waals surface area (Å²) in [6.45, 7) is 5.20. The van der Waals surface area contributed by atoms with Gasteiger partial charge in [0.15, 0.2) is 0 Å². The molecule has 0 aromatic heterocycles. The molecule has 1 aromatic rings. The number of rotatable bonds is 2. The lowest BCUT2D eigenvalue weighted by atomic mass is 10.0. The number of nitrogens with one attached hydrogen (secondary N) is 1. The quantitative estimate of drug-likeness (QED) is 0.603. The molecule has 110 valence electrons. The maximum atomic E-state index is 12.2. The van der Waals surface area contributed by atoms with Crippen LogP contribution in [0, 0.1) is 0 Å². The largest absolute Gasteiger partial charge is 0.478 e. The fourth-order valence-electron chi connectivity index (χ4n) is 1.45. The molecule has 1 rings (SSSR count). The predicted molar refractivity (Wildman–Crippen MR) is 80.7 cm³/mol. The number of carboxylic acid groups (broad SMARTS) is 1.